The zero-order valence-electron chi connectivity index (χ0n) is 11.3. The molecule has 2 rings (SSSR count). The van der Waals surface area contributed by atoms with Crippen LogP contribution in [0.4, 0.5) is 0 Å². The molecule has 3 nitrogen and oxygen atoms in total. The highest BCUT2D eigenvalue weighted by atomic mass is 35.5. The van der Waals surface area contributed by atoms with Crippen LogP contribution in [0.15, 0.2) is 12.1 Å². The highest BCUT2D eigenvalue weighted by Crippen LogP contribution is 2.28. The van der Waals surface area contributed by atoms with Crippen molar-refractivity contribution >= 4 is 45.8 Å². The van der Waals surface area contributed by atoms with Crippen LogP contribution in [0.25, 0.3) is 11.0 Å². The number of halogens is 3. The van der Waals surface area contributed by atoms with Crippen LogP contribution >= 0.6 is 34.8 Å². The summed E-state index contributed by atoms with van der Waals surface area (Å²) in [5.74, 6) is 1.15. The minimum absolute atomic E-state index is 0.346. The van der Waals surface area contributed by atoms with Gasteiger partial charge in [0.05, 0.1) is 33.6 Å². The van der Waals surface area contributed by atoms with Crippen LogP contribution in [0.1, 0.15) is 25.6 Å². The van der Waals surface area contributed by atoms with Gasteiger partial charge in [0.1, 0.15) is 5.82 Å². The second kappa shape index (κ2) is 7.51. The standard InChI is InChI=1S/C14H17Cl3N2O/c1-2-3-5-20-6-4-19-13-8-11(17)10(16)7-12(13)18-14(19)9-15/h7-8H,2-6,9H2,1H3. The number of aromatic nitrogens is 2. The number of ether oxygens (including phenoxy) is 1. The summed E-state index contributed by atoms with van der Waals surface area (Å²) in [5.41, 5.74) is 1.75. The summed E-state index contributed by atoms with van der Waals surface area (Å²) >= 11 is 18.0. The minimum atomic E-state index is 0.346. The Bertz CT molecular complexity index is 583. The number of hydrogen-bond donors (Lipinski definition) is 0. The monoisotopic (exact) mass is 334 g/mol. The number of hydrogen-bond acceptors (Lipinski definition) is 2. The predicted octanol–water partition coefficient (Wildman–Crippen LogP) is 4.90. The molecule has 6 heteroatoms. The van der Waals surface area contributed by atoms with Crippen molar-refractivity contribution in [2.45, 2.75) is 32.2 Å². The van der Waals surface area contributed by atoms with Crippen molar-refractivity contribution in [2.75, 3.05) is 13.2 Å². The van der Waals surface area contributed by atoms with E-state index in [2.05, 4.69) is 11.9 Å². The minimum Gasteiger partial charge on any atom is -0.380 e. The third kappa shape index (κ3) is 3.59. The van der Waals surface area contributed by atoms with Gasteiger partial charge in [-0.2, -0.15) is 0 Å². The number of benzene rings is 1. The lowest BCUT2D eigenvalue weighted by Gasteiger charge is -2.08. The number of fused-ring (bicyclic) bond motifs is 1. The molecule has 1 aromatic heterocycles. The molecule has 0 amide bonds. The maximum atomic E-state index is 6.08. The van der Waals surface area contributed by atoms with Gasteiger partial charge in [0.25, 0.3) is 0 Å². The molecule has 1 heterocycles. The third-order valence-electron chi connectivity index (χ3n) is 3.09. The molecule has 0 aliphatic carbocycles. The molecule has 0 bridgehead atoms. The number of imidazole rings is 1. The second-order valence-corrected chi connectivity index (χ2v) is 5.62. The largest absolute Gasteiger partial charge is 0.380 e. The van der Waals surface area contributed by atoms with E-state index in [0.29, 0.717) is 29.1 Å². The third-order valence-corrected chi connectivity index (χ3v) is 4.05. The maximum absolute atomic E-state index is 6.08. The van der Waals surface area contributed by atoms with Crippen molar-refractivity contribution in [3.63, 3.8) is 0 Å². The van der Waals surface area contributed by atoms with E-state index >= 15 is 0 Å². The first-order valence-electron chi connectivity index (χ1n) is 6.65. The Labute approximate surface area is 133 Å². The molecular formula is C14H17Cl3N2O. The molecule has 1 aromatic carbocycles. The highest BCUT2D eigenvalue weighted by Gasteiger charge is 2.12. The Kier molecular flexibility index (Phi) is 5.97. The summed E-state index contributed by atoms with van der Waals surface area (Å²) in [5, 5.41) is 1.03. The summed E-state index contributed by atoms with van der Waals surface area (Å²) in [6, 6.07) is 3.60. The summed E-state index contributed by atoms with van der Waals surface area (Å²) in [7, 11) is 0. The lowest BCUT2D eigenvalue weighted by molar-refractivity contribution is 0.124. The van der Waals surface area contributed by atoms with Crippen LogP contribution in [0.5, 0.6) is 0 Å². The quantitative estimate of drug-likeness (QED) is 0.531. The zero-order valence-corrected chi connectivity index (χ0v) is 13.6. The molecule has 0 saturated heterocycles. The van der Waals surface area contributed by atoms with Crippen LogP contribution in [-0.2, 0) is 17.2 Å². The summed E-state index contributed by atoms with van der Waals surface area (Å²) in [6.45, 7) is 4.27. The van der Waals surface area contributed by atoms with E-state index in [1.54, 1.807) is 6.07 Å². The first-order valence-corrected chi connectivity index (χ1v) is 7.94. The van der Waals surface area contributed by atoms with Gasteiger partial charge in [-0.05, 0) is 18.6 Å². The molecule has 0 unspecified atom stereocenters. The molecule has 0 fully saturated rings. The Morgan fingerprint density at radius 1 is 1.20 bits per heavy atom. The van der Waals surface area contributed by atoms with Crippen molar-refractivity contribution in [1.29, 1.82) is 0 Å². The van der Waals surface area contributed by atoms with Gasteiger partial charge in [0.2, 0.25) is 0 Å². The summed E-state index contributed by atoms with van der Waals surface area (Å²) in [6.07, 6.45) is 2.21. The van der Waals surface area contributed by atoms with Gasteiger partial charge < -0.3 is 9.30 Å². The van der Waals surface area contributed by atoms with Crippen molar-refractivity contribution in [1.82, 2.24) is 9.55 Å². The Morgan fingerprint density at radius 3 is 2.65 bits per heavy atom. The van der Waals surface area contributed by atoms with Gasteiger partial charge in [-0.3, -0.25) is 0 Å². The molecule has 0 aliphatic rings. The zero-order chi connectivity index (χ0) is 14.5. The SMILES string of the molecule is CCCCOCCn1c(CCl)nc2cc(Cl)c(Cl)cc21. The topological polar surface area (TPSA) is 27.1 Å². The molecule has 20 heavy (non-hydrogen) atoms. The predicted molar refractivity (Wildman–Crippen MR) is 85.0 cm³/mol. The lowest BCUT2D eigenvalue weighted by atomic mass is 10.3. The molecule has 0 radical (unpaired) electrons. The van der Waals surface area contributed by atoms with E-state index in [1.807, 2.05) is 10.6 Å². The maximum Gasteiger partial charge on any atom is 0.124 e. The van der Waals surface area contributed by atoms with Crippen molar-refractivity contribution in [3.8, 4) is 0 Å². The van der Waals surface area contributed by atoms with Crippen LogP contribution in [-0.4, -0.2) is 22.8 Å². The fourth-order valence-electron chi connectivity index (χ4n) is 2.03. The van der Waals surface area contributed by atoms with E-state index in [9.17, 15) is 0 Å². The van der Waals surface area contributed by atoms with Gasteiger partial charge >= 0.3 is 0 Å². The molecule has 0 saturated carbocycles. The van der Waals surface area contributed by atoms with E-state index in [-0.39, 0.29) is 0 Å². The number of alkyl halides is 1. The first kappa shape index (κ1) is 15.9. The van der Waals surface area contributed by atoms with Gasteiger partial charge in [-0.15, -0.1) is 11.6 Å². The van der Waals surface area contributed by atoms with Gasteiger partial charge in [0, 0.05) is 13.2 Å². The van der Waals surface area contributed by atoms with E-state index < -0.39 is 0 Å². The highest BCUT2D eigenvalue weighted by molar-refractivity contribution is 6.42. The second-order valence-electron chi connectivity index (χ2n) is 4.53. The van der Waals surface area contributed by atoms with Crippen molar-refractivity contribution < 1.29 is 4.74 Å². The average molecular weight is 336 g/mol. The lowest BCUT2D eigenvalue weighted by Crippen LogP contribution is -2.09. The summed E-state index contributed by atoms with van der Waals surface area (Å²) in [4.78, 5) is 4.48. The molecule has 110 valence electrons. The Balaban J connectivity index is 2.19. The molecule has 2 aromatic rings. The van der Waals surface area contributed by atoms with Gasteiger partial charge in [-0.25, -0.2) is 4.98 Å². The van der Waals surface area contributed by atoms with E-state index in [1.165, 1.54) is 0 Å². The molecule has 0 atom stereocenters. The average Bonchev–Trinajstić information content (AvgIpc) is 2.76. The Morgan fingerprint density at radius 2 is 1.95 bits per heavy atom. The molecule has 0 spiro atoms. The van der Waals surface area contributed by atoms with Crippen LogP contribution in [0, 0.1) is 0 Å². The fraction of sp³-hybridized carbons (Fsp3) is 0.500. The summed E-state index contributed by atoms with van der Waals surface area (Å²) < 4.78 is 7.64. The molecule has 0 N–H and O–H groups in total. The van der Waals surface area contributed by atoms with Crippen LogP contribution in [0.3, 0.4) is 0 Å². The van der Waals surface area contributed by atoms with Crippen molar-refractivity contribution in [2.24, 2.45) is 0 Å². The normalized spacial score (nSPS) is 11.4. The molecule has 0 aliphatic heterocycles. The van der Waals surface area contributed by atoms with Gasteiger partial charge in [0.15, 0.2) is 0 Å². The van der Waals surface area contributed by atoms with E-state index in [0.717, 1.165) is 36.3 Å². The smallest absolute Gasteiger partial charge is 0.124 e. The Hall–Kier alpha value is -0.480. The molecular weight excluding hydrogens is 319 g/mol. The first-order chi connectivity index (χ1) is 9.67. The number of nitrogens with zero attached hydrogens (tertiary/aromatic N) is 2. The fourth-order valence-corrected chi connectivity index (χ4v) is 2.55. The van der Waals surface area contributed by atoms with Crippen LogP contribution < -0.4 is 0 Å². The van der Waals surface area contributed by atoms with Gasteiger partial charge in [-0.1, -0.05) is 36.5 Å². The van der Waals surface area contributed by atoms with E-state index in [4.69, 9.17) is 39.5 Å². The number of unbranched alkanes of at least 4 members (excludes halogenated alkanes) is 1. The number of rotatable bonds is 7. The van der Waals surface area contributed by atoms with Crippen molar-refractivity contribution in [3.05, 3.63) is 28.0 Å². The van der Waals surface area contributed by atoms with Crippen LogP contribution in [0.2, 0.25) is 10.0 Å².